The number of carboxylic acids is 1. The number of nitrogens with one attached hydrogen (secondary N) is 1. The van der Waals surface area contributed by atoms with E-state index in [4.69, 9.17) is 9.84 Å². The van der Waals surface area contributed by atoms with Crippen molar-refractivity contribution in [2.75, 3.05) is 32.2 Å². The largest absolute Gasteiger partial charge is 0.480 e. The molecule has 1 aromatic rings. The van der Waals surface area contributed by atoms with Gasteiger partial charge in [-0.15, -0.1) is 0 Å². The van der Waals surface area contributed by atoms with Gasteiger partial charge < -0.3 is 14.7 Å². The number of nitrogens with zero attached hydrogens (tertiary/aromatic N) is 1. The highest BCUT2D eigenvalue weighted by molar-refractivity contribution is 7.89. The van der Waals surface area contributed by atoms with Crippen molar-refractivity contribution in [2.45, 2.75) is 23.8 Å². The van der Waals surface area contributed by atoms with Crippen LogP contribution in [0.4, 0.5) is 5.69 Å². The van der Waals surface area contributed by atoms with Gasteiger partial charge in [-0.3, -0.25) is 4.79 Å². The van der Waals surface area contributed by atoms with Crippen LogP contribution in [-0.2, 0) is 26.0 Å². The average Bonchev–Trinajstić information content (AvgIpc) is 2.46. The third-order valence-corrected chi connectivity index (χ3v) is 5.12. The van der Waals surface area contributed by atoms with E-state index >= 15 is 0 Å². The van der Waals surface area contributed by atoms with Crippen LogP contribution in [0.1, 0.15) is 12.0 Å². The molecule has 0 radical (unpaired) electrons. The number of aliphatic carboxylic acids is 1. The van der Waals surface area contributed by atoms with E-state index in [-0.39, 0.29) is 11.5 Å². The molecule has 0 aliphatic carbocycles. The molecular weight excluding hydrogens is 308 g/mol. The molecule has 1 heterocycles. The van der Waals surface area contributed by atoms with Gasteiger partial charge in [0.15, 0.2) is 0 Å². The number of fused-ring (bicyclic) bond motifs is 1. The summed E-state index contributed by atoms with van der Waals surface area (Å²) in [4.78, 5) is 13.1. The van der Waals surface area contributed by atoms with Gasteiger partial charge >= 0.3 is 5.97 Å². The van der Waals surface area contributed by atoms with Crippen LogP contribution in [0, 0.1) is 0 Å². The van der Waals surface area contributed by atoms with E-state index in [1.165, 1.54) is 13.2 Å². The Bertz CT molecular complexity index is 659. The molecule has 1 aromatic carbocycles. The molecule has 1 aliphatic heterocycles. The highest BCUT2D eigenvalue weighted by Gasteiger charge is 2.26. The lowest BCUT2D eigenvalue weighted by atomic mass is 10.0. The van der Waals surface area contributed by atoms with Crippen molar-refractivity contribution >= 4 is 21.7 Å². The zero-order valence-corrected chi connectivity index (χ0v) is 13.4. The molecule has 2 N–H and O–H groups in total. The Morgan fingerprint density at radius 2 is 2.23 bits per heavy atom. The predicted molar refractivity (Wildman–Crippen MR) is 81.7 cm³/mol. The molecule has 0 bridgehead atoms. The molecule has 1 aliphatic rings. The summed E-state index contributed by atoms with van der Waals surface area (Å²) in [5.41, 5.74) is 1.96. The van der Waals surface area contributed by atoms with Gasteiger partial charge in [-0.25, -0.2) is 8.42 Å². The maximum Gasteiger partial charge on any atom is 0.324 e. The predicted octanol–water partition coefficient (Wildman–Crippen LogP) is 0.447. The van der Waals surface area contributed by atoms with Crippen molar-refractivity contribution in [3.63, 3.8) is 0 Å². The van der Waals surface area contributed by atoms with Gasteiger partial charge in [0.05, 0.1) is 11.5 Å². The SMILES string of the molecule is COCC(NS(=O)(=O)c1ccc2c(c1)N(C)CCC2)C(=O)O. The van der Waals surface area contributed by atoms with Crippen molar-refractivity contribution in [1.29, 1.82) is 0 Å². The molecule has 0 amide bonds. The topological polar surface area (TPSA) is 95.9 Å². The first-order chi connectivity index (χ1) is 10.3. The van der Waals surface area contributed by atoms with Crippen LogP contribution >= 0.6 is 0 Å². The molecule has 8 heteroatoms. The lowest BCUT2D eigenvalue weighted by Crippen LogP contribution is -2.43. The minimum atomic E-state index is -3.92. The minimum absolute atomic E-state index is 0.0577. The van der Waals surface area contributed by atoms with Crippen molar-refractivity contribution in [3.8, 4) is 0 Å². The number of hydrogen-bond donors (Lipinski definition) is 2. The number of carboxylic acid groups (broad SMARTS) is 1. The fourth-order valence-corrected chi connectivity index (χ4v) is 3.68. The Balaban J connectivity index is 2.29. The van der Waals surface area contributed by atoms with Gasteiger partial charge in [0.1, 0.15) is 6.04 Å². The van der Waals surface area contributed by atoms with Crippen molar-refractivity contribution in [3.05, 3.63) is 23.8 Å². The first-order valence-electron chi connectivity index (χ1n) is 6.93. The normalized spacial score (nSPS) is 16.2. The molecule has 0 spiro atoms. The third-order valence-electron chi connectivity index (χ3n) is 3.65. The summed E-state index contributed by atoms with van der Waals surface area (Å²) in [5.74, 6) is -1.28. The van der Waals surface area contributed by atoms with E-state index in [9.17, 15) is 13.2 Å². The first kappa shape index (κ1) is 16.7. The number of carbonyl (C=O) groups is 1. The molecular formula is C14H20N2O5S. The van der Waals surface area contributed by atoms with Crippen LogP contribution in [0.3, 0.4) is 0 Å². The van der Waals surface area contributed by atoms with Crippen LogP contribution in [0.15, 0.2) is 23.1 Å². The Hall–Kier alpha value is -1.64. The van der Waals surface area contributed by atoms with Gasteiger partial charge in [-0.05, 0) is 30.5 Å². The number of aryl methyl sites for hydroxylation is 1. The Kier molecular flexibility index (Phi) is 5.05. The van der Waals surface area contributed by atoms with Crippen LogP contribution in [-0.4, -0.2) is 52.8 Å². The summed E-state index contributed by atoms with van der Waals surface area (Å²) >= 11 is 0. The maximum atomic E-state index is 12.4. The molecule has 122 valence electrons. The number of anilines is 1. The summed E-state index contributed by atoms with van der Waals surface area (Å²) in [6, 6.07) is 3.56. The number of hydrogen-bond acceptors (Lipinski definition) is 5. The highest BCUT2D eigenvalue weighted by atomic mass is 32.2. The number of ether oxygens (including phenoxy) is 1. The van der Waals surface area contributed by atoms with Crippen molar-refractivity contribution in [2.24, 2.45) is 0 Å². The van der Waals surface area contributed by atoms with E-state index in [2.05, 4.69) is 4.72 Å². The minimum Gasteiger partial charge on any atom is -0.480 e. The summed E-state index contributed by atoms with van der Waals surface area (Å²) < 4.78 is 31.6. The molecule has 2 rings (SSSR count). The number of methoxy groups -OCH3 is 1. The fourth-order valence-electron chi connectivity index (χ4n) is 2.48. The van der Waals surface area contributed by atoms with Gasteiger partial charge in [-0.1, -0.05) is 6.07 Å². The molecule has 0 aromatic heterocycles. The molecule has 7 nitrogen and oxygen atoms in total. The summed E-state index contributed by atoms with van der Waals surface area (Å²) in [6.45, 7) is 0.630. The number of rotatable bonds is 6. The summed E-state index contributed by atoms with van der Waals surface area (Å²) in [7, 11) is -0.694. The van der Waals surface area contributed by atoms with Crippen LogP contribution in [0.25, 0.3) is 0 Å². The lowest BCUT2D eigenvalue weighted by molar-refractivity contribution is -0.140. The van der Waals surface area contributed by atoms with Gasteiger partial charge in [0, 0.05) is 26.4 Å². The number of benzene rings is 1. The Morgan fingerprint density at radius 3 is 2.86 bits per heavy atom. The van der Waals surface area contributed by atoms with Gasteiger partial charge in [0.25, 0.3) is 0 Å². The zero-order valence-electron chi connectivity index (χ0n) is 12.6. The maximum absolute atomic E-state index is 12.4. The monoisotopic (exact) mass is 328 g/mol. The van der Waals surface area contributed by atoms with E-state index in [1.54, 1.807) is 12.1 Å². The summed E-state index contributed by atoms with van der Waals surface area (Å²) in [5, 5.41) is 9.03. The number of sulfonamides is 1. The molecule has 1 atom stereocenters. The molecule has 0 saturated carbocycles. The van der Waals surface area contributed by atoms with Crippen molar-refractivity contribution < 1.29 is 23.1 Å². The van der Waals surface area contributed by atoms with Crippen molar-refractivity contribution in [1.82, 2.24) is 4.72 Å². The second-order valence-corrected chi connectivity index (χ2v) is 7.00. The van der Waals surface area contributed by atoms with E-state index < -0.39 is 22.0 Å². The second kappa shape index (κ2) is 6.64. The first-order valence-corrected chi connectivity index (χ1v) is 8.41. The zero-order chi connectivity index (χ0) is 16.3. The van der Waals surface area contributed by atoms with Crippen LogP contribution < -0.4 is 9.62 Å². The average molecular weight is 328 g/mol. The third kappa shape index (κ3) is 3.57. The smallest absolute Gasteiger partial charge is 0.324 e. The molecule has 0 saturated heterocycles. The van der Waals surface area contributed by atoms with Gasteiger partial charge in [0.2, 0.25) is 10.0 Å². The molecule has 0 fully saturated rings. The summed E-state index contributed by atoms with van der Waals surface area (Å²) in [6.07, 6.45) is 1.94. The standard InChI is InChI=1S/C14H20N2O5S/c1-16-7-3-4-10-5-6-11(8-13(10)16)22(19,20)15-12(9-21-2)14(17)18/h5-6,8,12,15H,3-4,7,9H2,1-2H3,(H,17,18). The fraction of sp³-hybridized carbons (Fsp3) is 0.500. The highest BCUT2D eigenvalue weighted by Crippen LogP contribution is 2.28. The Morgan fingerprint density at radius 1 is 1.50 bits per heavy atom. The van der Waals surface area contributed by atoms with Crippen LogP contribution in [0.2, 0.25) is 0 Å². The quantitative estimate of drug-likeness (QED) is 0.787. The lowest BCUT2D eigenvalue weighted by Gasteiger charge is -2.28. The molecule has 22 heavy (non-hydrogen) atoms. The van der Waals surface area contributed by atoms with Crippen LogP contribution in [0.5, 0.6) is 0 Å². The molecule has 1 unspecified atom stereocenters. The van der Waals surface area contributed by atoms with E-state index in [0.29, 0.717) is 0 Å². The Labute approximate surface area is 129 Å². The second-order valence-electron chi connectivity index (χ2n) is 5.28. The van der Waals surface area contributed by atoms with E-state index in [0.717, 1.165) is 30.6 Å². The van der Waals surface area contributed by atoms with E-state index in [1.807, 2.05) is 11.9 Å². The van der Waals surface area contributed by atoms with Gasteiger partial charge in [-0.2, -0.15) is 4.72 Å².